The molecule has 0 bridgehead atoms. The Kier molecular flexibility index (Phi) is 15.8. The zero-order valence-electron chi connectivity index (χ0n) is 34.6. The van der Waals surface area contributed by atoms with Crippen LogP contribution in [0.25, 0.3) is 0 Å². The van der Waals surface area contributed by atoms with Gasteiger partial charge in [0.2, 0.25) is 0 Å². The van der Waals surface area contributed by atoms with E-state index in [4.69, 9.17) is 0 Å². The van der Waals surface area contributed by atoms with E-state index in [-0.39, 0.29) is 0 Å². The molecule has 0 unspecified atom stereocenters. The van der Waals surface area contributed by atoms with Crippen molar-refractivity contribution in [2.75, 3.05) is 19.6 Å². The van der Waals surface area contributed by atoms with Gasteiger partial charge in [0.1, 0.15) is 59.2 Å². The Morgan fingerprint density at radius 2 is 0.585 bits per heavy atom. The van der Waals surface area contributed by atoms with Crippen molar-refractivity contribution < 1.29 is 92.3 Å². The van der Waals surface area contributed by atoms with Crippen molar-refractivity contribution in [2.45, 2.75) is 54.5 Å². The second-order valence-electron chi connectivity index (χ2n) is 16.2. The Hall–Kier alpha value is -5.28. The molecule has 354 valence electrons. The topological polar surface area (TPSA) is 0 Å². The zero-order chi connectivity index (χ0) is 49.5. The van der Waals surface area contributed by atoms with Crippen molar-refractivity contribution in [2.24, 2.45) is 11.8 Å². The average molecular weight is 956 g/mol. The fraction of sp³-hybridized carbons (Fsp3) is 0.302. The SMILES string of the molecule is CCC[N+](Cc1ccc(C)cc1)(CC(C)C)CC(C)C.Fc1c(F)c(F)c([B-](c2c(F)c(F)c(F)c(F)c2F)(c2c(F)c(F)c(F)c(F)c2F)c2c(F)c(F)c(F)c(F)c2F)c(F)c1F. The van der Waals surface area contributed by atoms with E-state index in [0.717, 1.165) is 11.8 Å². The van der Waals surface area contributed by atoms with Crippen LogP contribution in [-0.2, 0) is 6.54 Å². The Balaban J connectivity index is 0.000000387. The Morgan fingerprint density at radius 3 is 0.785 bits per heavy atom. The van der Waals surface area contributed by atoms with Crippen LogP contribution in [0.15, 0.2) is 24.3 Å². The summed E-state index contributed by atoms with van der Waals surface area (Å²) < 4.78 is 295. The smallest absolute Gasteiger partial charge is 0.200 e. The largest absolute Gasteiger partial charge is 0.319 e. The van der Waals surface area contributed by atoms with Gasteiger partial charge in [-0.05, 0) is 13.3 Å². The third-order valence-electron chi connectivity index (χ3n) is 10.5. The molecule has 0 spiro atoms. The number of nitrogens with zero attached hydrogens (tertiary/aromatic N) is 1. The summed E-state index contributed by atoms with van der Waals surface area (Å²) in [6.07, 6.45) is -5.95. The molecule has 5 aromatic rings. The molecule has 65 heavy (non-hydrogen) atoms. The molecule has 0 saturated carbocycles. The van der Waals surface area contributed by atoms with E-state index >= 15 is 35.1 Å². The van der Waals surface area contributed by atoms with Crippen molar-refractivity contribution in [3.63, 3.8) is 0 Å². The lowest BCUT2D eigenvalue weighted by molar-refractivity contribution is -0.946. The number of benzene rings is 5. The van der Waals surface area contributed by atoms with Crippen molar-refractivity contribution in [1.29, 1.82) is 0 Å². The number of halogens is 20. The van der Waals surface area contributed by atoms with Gasteiger partial charge in [-0.2, -0.15) is 0 Å². The summed E-state index contributed by atoms with van der Waals surface area (Å²) in [7, 11) is 0. The summed E-state index contributed by atoms with van der Waals surface area (Å²) in [6, 6.07) is 9.14. The first kappa shape index (κ1) is 52.4. The maximum absolute atomic E-state index is 15.4. The van der Waals surface area contributed by atoms with Gasteiger partial charge in [-0.1, -0.05) is 64.4 Å². The van der Waals surface area contributed by atoms with Gasteiger partial charge in [0.15, 0.2) is 69.8 Å². The molecule has 0 aromatic heterocycles. The maximum Gasteiger partial charge on any atom is 0.200 e. The lowest BCUT2D eigenvalue weighted by atomic mass is 9.12. The van der Waals surface area contributed by atoms with Crippen LogP contribution >= 0.6 is 0 Å². The van der Waals surface area contributed by atoms with Crippen LogP contribution in [0.5, 0.6) is 0 Å². The highest BCUT2D eigenvalue weighted by atomic mass is 19.2. The summed E-state index contributed by atoms with van der Waals surface area (Å²) in [6.45, 7) is 19.0. The minimum absolute atomic E-state index is 0.755. The predicted octanol–water partition coefficient (Wildman–Crippen LogP) is 10.9. The van der Waals surface area contributed by atoms with E-state index in [9.17, 15) is 52.7 Å². The molecule has 0 saturated heterocycles. The van der Waals surface area contributed by atoms with Gasteiger partial charge >= 0.3 is 0 Å². The first-order valence-corrected chi connectivity index (χ1v) is 19.2. The molecule has 0 N–H and O–H groups in total. The molecule has 0 radical (unpaired) electrons. The van der Waals surface area contributed by atoms with Crippen LogP contribution in [0.2, 0.25) is 0 Å². The van der Waals surface area contributed by atoms with Crippen LogP contribution < -0.4 is 21.9 Å². The molecule has 0 aliphatic carbocycles. The first-order valence-electron chi connectivity index (χ1n) is 19.2. The van der Waals surface area contributed by atoms with Gasteiger partial charge < -0.3 is 4.48 Å². The lowest BCUT2D eigenvalue weighted by Crippen LogP contribution is -2.81. The fourth-order valence-corrected chi connectivity index (χ4v) is 8.44. The second-order valence-corrected chi connectivity index (χ2v) is 16.2. The van der Waals surface area contributed by atoms with E-state index in [1.54, 1.807) is 0 Å². The average Bonchev–Trinajstić information content (AvgIpc) is 3.24. The highest BCUT2D eigenvalue weighted by Gasteiger charge is 2.52. The van der Waals surface area contributed by atoms with Gasteiger partial charge in [-0.25, -0.2) is 87.8 Å². The molecular formula is C43H34BF20N. The van der Waals surface area contributed by atoms with Gasteiger partial charge in [-0.3, -0.25) is 0 Å². The summed E-state index contributed by atoms with van der Waals surface area (Å²) >= 11 is 0. The third-order valence-corrected chi connectivity index (χ3v) is 10.5. The normalized spacial score (nSPS) is 12.1. The molecule has 5 aromatic carbocycles. The van der Waals surface area contributed by atoms with Crippen LogP contribution in [0.3, 0.4) is 0 Å². The summed E-state index contributed by atoms with van der Waals surface area (Å²) in [5.74, 6) is -69.9. The van der Waals surface area contributed by atoms with E-state index < -0.39 is 144 Å². The third kappa shape index (κ3) is 9.15. The second kappa shape index (κ2) is 19.7. The molecule has 0 atom stereocenters. The molecule has 5 rings (SSSR count). The van der Waals surface area contributed by atoms with Gasteiger partial charge in [-0.15, -0.1) is 21.9 Å². The molecule has 0 heterocycles. The standard InChI is InChI=1S/C24BF20.C19H34N/c26-5-1(6(27)14(35)21(42)13(5)34)25(2-7(28)15(36)22(43)16(37)8(2)29,3-9(30)17(38)23(44)18(39)10(3)31)4-11(32)19(40)24(45)20(41)12(4)33;1-7-12-20(13-16(2)3,14-17(4)5)15-19-10-8-18(6)9-11-19/h;8-11,16-17H,7,12-15H2,1-6H3/q-1;+1. The van der Waals surface area contributed by atoms with E-state index in [0.29, 0.717) is 0 Å². The number of aryl methyl sites for hydroxylation is 1. The Bertz CT molecular complexity index is 2220. The van der Waals surface area contributed by atoms with E-state index in [1.165, 1.54) is 48.2 Å². The van der Waals surface area contributed by atoms with Crippen LogP contribution in [0.4, 0.5) is 87.8 Å². The minimum Gasteiger partial charge on any atom is -0.319 e. The summed E-state index contributed by atoms with van der Waals surface area (Å²) in [5.41, 5.74) is -11.5. The number of quaternary nitrogens is 1. The van der Waals surface area contributed by atoms with Crippen LogP contribution in [0, 0.1) is 135 Å². The predicted molar refractivity (Wildman–Crippen MR) is 199 cm³/mol. The molecule has 1 nitrogen and oxygen atoms in total. The quantitative estimate of drug-likeness (QED) is 0.0384. The maximum atomic E-state index is 15.4. The minimum atomic E-state index is -7.22. The Labute approximate surface area is 357 Å². The lowest BCUT2D eigenvalue weighted by Gasteiger charge is -2.44. The van der Waals surface area contributed by atoms with E-state index in [1.807, 2.05) is 0 Å². The van der Waals surface area contributed by atoms with Crippen molar-refractivity contribution >= 4 is 28.0 Å². The molecular weight excluding hydrogens is 921 g/mol. The van der Waals surface area contributed by atoms with Crippen molar-refractivity contribution in [3.05, 3.63) is 152 Å². The van der Waals surface area contributed by atoms with Gasteiger partial charge in [0, 0.05) is 17.4 Å². The van der Waals surface area contributed by atoms with Crippen molar-refractivity contribution in [3.8, 4) is 0 Å². The van der Waals surface area contributed by atoms with Gasteiger partial charge in [0.25, 0.3) is 0 Å². The van der Waals surface area contributed by atoms with Gasteiger partial charge in [0.05, 0.1) is 19.6 Å². The van der Waals surface area contributed by atoms with Crippen LogP contribution in [0.1, 0.15) is 52.2 Å². The van der Waals surface area contributed by atoms with Crippen LogP contribution in [-0.4, -0.2) is 30.3 Å². The Morgan fingerprint density at radius 1 is 0.369 bits per heavy atom. The molecule has 0 aliphatic rings. The molecule has 0 fully saturated rings. The zero-order valence-corrected chi connectivity index (χ0v) is 34.6. The number of hydrogen-bond acceptors (Lipinski definition) is 0. The summed E-state index contributed by atoms with van der Waals surface area (Å²) in [5, 5.41) is 0. The highest BCUT2D eigenvalue weighted by molar-refractivity contribution is 7.20. The molecule has 0 amide bonds. The van der Waals surface area contributed by atoms with E-state index in [2.05, 4.69) is 65.8 Å². The number of rotatable bonds is 12. The fourth-order valence-electron chi connectivity index (χ4n) is 8.44. The first-order chi connectivity index (χ1) is 30.1. The molecule has 22 heteroatoms. The highest BCUT2D eigenvalue weighted by Crippen LogP contribution is 2.31. The molecule has 0 aliphatic heterocycles. The number of hydrogen-bond donors (Lipinski definition) is 0. The monoisotopic (exact) mass is 955 g/mol. The van der Waals surface area contributed by atoms with Crippen molar-refractivity contribution in [1.82, 2.24) is 0 Å². The summed E-state index contributed by atoms with van der Waals surface area (Å²) in [4.78, 5) is 0.